The van der Waals surface area contributed by atoms with E-state index >= 15 is 0 Å². The Morgan fingerprint density at radius 3 is 2.75 bits per heavy atom. The number of hydrogen-bond acceptors (Lipinski definition) is 6. The standard InChI is InChI=1S/C14H16N4O2/c1-10(16-9-14-17-11(2)18-20-14)12-3-5-13(6-4-12)19-8-7-15/h3-6,10,16H,8-9H2,1-2H3. The summed E-state index contributed by atoms with van der Waals surface area (Å²) in [4.78, 5) is 4.13. The minimum atomic E-state index is 0.0592. The highest BCUT2D eigenvalue weighted by molar-refractivity contribution is 5.29. The first-order valence-corrected chi connectivity index (χ1v) is 6.31. The average molecular weight is 272 g/mol. The largest absolute Gasteiger partial charge is 0.479 e. The molecule has 0 saturated heterocycles. The smallest absolute Gasteiger partial charge is 0.240 e. The average Bonchev–Trinajstić information content (AvgIpc) is 2.89. The predicted octanol–water partition coefficient (Wildman–Crippen LogP) is 2.13. The zero-order chi connectivity index (χ0) is 14.4. The number of ether oxygens (including phenoxy) is 1. The first-order chi connectivity index (χ1) is 9.69. The van der Waals surface area contributed by atoms with E-state index in [0.29, 0.717) is 24.0 Å². The van der Waals surface area contributed by atoms with Gasteiger partial charge in [0, 0.05) is 6.04 Å². The summed E-state index contributed by atoms with van der Waals surface area (Å²) >= 11 is 0. The Hall–Kier alpha value is -2.39. The summed E-state index contributed by atoms with van der Waals surface area (Å²) in [5.74, 6) is 1.90. The minimum absolute atomic E-state index is 0.0592. The van der Waals surface area contributed by atoms with Crippen molar-refractivity contribution in [1.82, 2.24) is 15.5 Å². The number of aromatic nitrogens is 2. The second kappa shape index (κ2) is 6.68. The van der Waals surface area contributed by atoms with Gasteiger partial charge in [0.25, 0.3) is 0 Å². The van der Waals surface area contributed by atoms with Crippen molar-refractivity contribution < 1.29 is 9.26 Å². The van der Waals surface area contributed by atoms with E-state index in [2.05, 4.69) is 15.5 Å². The van der Waals surface area contributed by atoms with Crippen LogP contribution in [0.25, 0.3) is 0 Å². The van der Waals surface area contributed by atoms with E-state index in [1.54, 1.807) is 6.92 Å². The van der Waals surface area contributed by atoms with Crippen LogP contribution in [-0.2, 0) is 6.54 Å². The molecule has 0 aliphatic heterocycles. The highest BCUT2D eigenvalue weighted by Gasteiger charge is 2.08. The summed E-state index contributed by atoms with van der Waals surface area (Å²) in [6.07, 6.45) is 0. The van der Waals surface area contributed by atoms with Gasteiger partial charge in [-0.3, -0.25) is 0 Å². The van der Waals surface area contributed by atoms with E-state index in [0.717, 1.165) is 5.56 Å². The second-order valence-corrected chi connectivity index (χ2v) is 4.35. The van der Waals surface area contributed by atoms with E-state index in [1.165, 1.54) is 0 Å². The molecule has 0 radical (unpaired) electrons. The molecule has 0 bridgehead atoms. The van der Waals surface area contributed by atoms with Crippen LogP contribution in [0.1, 0.15) is 30.2 Å². The maximum atomic E-state index is 8.45. The molecule has 1 aromatic carbocycles. The lowest BCUT2D eigenvalue weighted by Crippen LogP contribution is -2.18. The molecule has 1 unspecified atom stereocenters. The maximum absolute atomic E-state index is 8.45. The molecule has 0 fully saturated rings. The summed E-state index contributed by atoms with van der Waals surface area (Å²) in [6.45, 7) is 4.42. The quantitative estimate of drug-likeness (QED) is 0.867. The number of nitriles is 1. The van der Waals surface area contributed by atoms with Crippen LogP contribution in [0.4, 0.5) is 0 Å². The lowest BCUT2D eigenvalue weighted by molar-refractivity contribution is 0.357. The van der Waals surface area contributed by atoms with Gasteiger partial charge in [0.15, 0.2) is 12.4 Å². The van der Waals surface area contributed by atoms with Crippen LogP contribution in [-0.4, -0.2) is 16.7 Å². The van der Waals surface area contributed by atoms with Crippen molar-refractivity contribution in [3.05, 3.63) is 41.5 Å². The number of rotatable bonds is 6. The molecule has 0 aliphatic carbocycles. The molecule has 0 aliphatic rings. The van der Waals surface area contributed by atoms with Crippen LogP contribution in [0, 0.1) is 18.3 Å². The second-order valence-electron chi connectivity index (χ2n) is 4.35. The van der Waals surface area contributed by atoms with E-state index in [-0.39, 0.29) is 12.6 Å². The SMILES string of the molecule is Cc1noc(CNC(C)c2ccc(OCC#N)cc2)n1. The van der Waals surface area contributed by atoms with Crippen molar-refractivity contribution in [1.29, 1.82) is 5.26 Å². The first-order valence-electron chi connectivity index (χ1n) is 6.31. The van der Waals surface area contributed by atoms with Gasteiger partial charge >= 0.3 is 0 Å². The van der Waals surface area contributed by atoms with Crippen LogP contribution >= 0.6 is 0 Å². The summed E-state index contributed by atoms with van der Waals surface area (Å²) in [6, 6.07) is 9.70. The van der Waals surface area contributed by atoms with Crippen LogP contribution in [0.15, 0.2) is 28.8 Å². The molecule has 1 aromatic heterocycles. The molecule has 1 heterocycles. The van der Waals surface area contributed by atoms with Gasteiger partial charge in [-0.1, -0.05) is 17.3 Å². The first kappa shape index (κ1) is 14.0. The highest BCUT2D eigenvalue weighted by Crippen LogP contribution is 2.17. The molecule has 2 rings (SSSR count). The molecule has 0 amide bonds. The van der Waals surface area contributed by atoms with E-state index in [4.69, 9.17) is 14.5 Å². The zero-order valence-electron chi connectivity index (χ0n) is 11.5. The molecular weight excluding hydrogens is 256 g/mol. The Labute approximate surface area is 117 Å². The Morgan fingerprint density at radius 1 is 1.40 bits per heavy atom. The van der Waals surface area contributed by atoms with E-state index in [9.17, 15) is 0 Å². The van der Waals surface area contributed by atoms with Crippen molar-refractivity contribution in [3.63, 3.8) is 0 Å². The third kappa shape index (κ3) is 3.80. The lowest BCUT2D eigenvalue weighted by Gasteiger charge is -2.13. The molecular formula is C14H16N4O2. The Bertz CT molecular complexity index is 586. The van der Waals surface area contributed by atoms with Crippen LogP contribution in [0.3, 0.4) is 0 Å². The van der Waals surface area contributed by atoms with Crippen molar-refractivity contribution in [2.45, 2.75) is 26.4 Å². The molecule has 6 nitrogen and oxygen atoms in total. The van der Waals surface area contributed by atoms with Gasteiger partial charge in [0.05, 0.1) is 6.54 Å². The Morgan fingerprint density at radius 2 is 2.15 bits per heavy atom. The number of nitrogens with zero attached hydrogens (tertiary/aromatic N) is 3. The van der Waals surface area contributed by atoms with Crippen LogP contribution in [0.2, 0.25) is 0 Å². The van der Waals surface area contributed by atoms with Crippen molar-refractivity contribution in [3.8, 4) is 11.8 Å². The molecule has 6 heteroatoms. The molecule has 20 heavy (non-hydrogen) atoms. The summed E-state index contributed by atoms with van der Waals surface area (Å²) < 4.78 is 10.2. The maximum Gasteiger partial charge on any atom is 0.240 e. The predicted molar refractivity (Wildman–Crippen MR) is 71.8 cm³/mol. The molecule has 2 aromatic rings. The van der Waals surface area contributed by atoms with Crippen molar-refractivity contribution in [2.24, 2.45) is 0 Å². The van der Waals surface area contributed by atoms with Crippen LogP contribution in [0.5, 0.6) is 5.75 Å². The Balaban J connectivity index is 1.88. The highest BCUT2D eigenvalue weighted by atomic mass is 16.5. The summed E-state index contributed by atoms with van der Waals surface area (Å²) in [5, 5.41) is 15.5. The topological polar surface area (TPSA) is 84.0 Å². The van der Waals surface area contributed by atoms with Gasteiger partial charge in [-0.05, 0) is 31.5 Å². The zero-order valence-corrected chi connectivity index (χ0v) is 11.5. The third-order valence-electron chi connectivity index (χ3n) is 2.81. The van der Waals surface area contributed by atoms with Crippen molar-refractivity contribution in [2.75, 3.05) is 6.61 Å². The van der Waals surface area contributed by atoms with Crippen molar-refractivity contribution >= 4 is 0 Å². The fraction of sp³-hybridized carbons (Fsp3) is 0.357. The van der Waals surface area contributed by atoms with Gasteiger partial charge in [0.1, 0.15) is 11.8 Å². The third-order valence-corrected chi connectivity index (χ3v) is 2.81. The summed E-state index contributed by atoms with van der Waals surface area (Å²) in [5.41, 5.74) is 1.12. The molecule has 1 N–H and O–H groups in total. The van der Waals surface area contributed by atoms with Gasteiger partial charge in [-0.2, -0.15) is 10.2 Å². The molecule has 0 saturated carbocycles. The van der Waals surface area contributed by atoms with Gasteiger partial charge in [-0.15, -0.1) is 0 Å². The fourth-order valence-corrected chi connectivity index (χ4v) is 1.74. The molecule has 0 spiro atoms. The molecule has 1 atom stereocenters. The van der Waals surface area contributed by atoms with E-state index in [1.807, 2.05) is 37.3 Å². The Kier molecular flexibility index (Phi) is 4.69. The summed E-state index contributed by atoms with van der Waals surface area (Å²) in [7, 11) is 0. The number of nitrogens with one attached hydrogen (secondary N) is 1. The lowest BCUT2D eigenvalue weighted by atomic mass is 10.1. The monoisotopic (exact) mass is 272 g/mol. The van der Waals surface area contributed by atoms with E-state index < -0.39 is 0 Å². The number of hydrogen-bond donors (Lipinski definition) is 1. The number of aryl methyl sites for hydroxylation is 1. The van der Waals surface area contributed by atoms with Gasteiger partial charge in [0.2, 0.25) is 5.89 Å². The normalized spacial score (nSPS) is 11.8. The minimum Gasteiger partial charge on any atom is -0.479 e. The fourth-order valence-electron chi connectivity index (χ4n) is 1.74. The van der Waals surface area contributed by atoms with Gasteiger partial charge < -0.3 is 14.6 Å². The van der Waals surface area contributed by atoms with Gasteiger partial charge in [-0.25, -0.2) is 0 Å². The van der Waals surface area contributed by atoms with Crippen LogP contribution < -0.4 is 10.1 Å². The number of benzene rings is 1. The molecule has 104 valence electrons.